The van der Waals surface area contributed by atoms with Gasteiger partial charge >= 0.3 is 0 Å². The zero-order valence-corrected chi connectivity index (χ0v) is 24.1. The molecular formula is C28H45N7O7. The number of ether oxygens (including phenoxy) is 1. The van der Waals surface area contributed by atoms with Crippen LogP contribution in [0.25, 0.3) is 11.2 Å². The molecule has 42 heavy (non-hydrogen) atoms. The quantitative estimate of drug-likeness (QED) is 0.0889. The van der Waals surface area contributed by atoms with Gasteiger partial charge in [0.1, 0.15) is 36.3 Å². The molecule has 14 heteroatoms. The van der Waals surface area contributed by atoms with E-state index in [1.165, 1.54) is 63.7 Å². The van der Waals surface area contributed by atoms with Crippen LogP contribution < -0.4 is 16.0 Å². The van der Waals surface area contributed by atoms with E-state index in [-0.39, 0.29) is 5.82 Å². The molecule has 3 rings (SSSR count). The van der Waals surface area contributed by atoms with Crippen molar-refractivity contribution in [2.45, 2.75) is 108 Å². The molecule has 3 heterocycles. The Bertz CT molecular complexity index is 1130. The summed E-state index contributed by atoms with van der Waals surface area (Å²) in [6.07, 6.45) is 10.4. The molecular weight excluding hydrogens is 546 g/mol. The Hall–Kier alpha value is -3.17. The molecule has 0 radical (unpaired) electrons. The maximum Gasteiger partial charge on any atom is 0.244 e. The molecule has 1 saturated heterocycles. The van der Waals surface area contributed by atoms with Crippen molar-refractivity contribution in [3.8, 4) is 0 Å². The van der Waals surface area contributed by atoms with E-state index >= 15 is 0 Å². The molecule has 1 aliphatic rings. The number of carbonyl (C=O) groups is 2. The van der Waals surface area contributed by atoms with Crippen molar-refractivity contribution in [2.24, 2.45) is 0 Å². The van der Waals surface area contributed by atoms with Gasteiger partial charge in [0, 0.05) is 0 Å². The van der Waals surface area contributed by atoms with Gasteiger partial charge in [0.2, 0.25) is 11.8 Å². The Morgan fingerprint density at radius 3 is 2.48 bits per heavy atom. The van der Waals surface area contributed by atoms with Crippen LogP contribution in [0.5, 0.6) is 0 Å². The number of aromatic nitrogens is 4. The smallest absolute Gasteiger partial charge is 0.244 e. The third-order valence-corrected chi connectivity index (χ3v) is 7.25. The highest BCUT2D eigenvalue weighted by molar-refractivity contribution is 5.91. The molecule has 1 fully saturated rings. The average Bonchev–Trinajstić information content (AvgIpc) is 3.48. The molecule has 6 atom stereocenters. The molecule has 0 unspecified atom stereocenters. The lowest BCUT2D eigenvalue weighted by Gasteiger charge is -2.44. The van der Waals surface area contributed by atoms with Crippen LogP contribution in [0.2, 0.25) is 0 Å². The van der Waals surface area contributed by atoms with E-state index < -0.39 is 61.7 Å². The van der Waals surface area contributed by atoms with Gasteiger partial charge in [-0.05, 0) is 18.9 Å². The second-order valence-electron chi connectivity index (χ2n) is 10.6. The Morgan fingerprint density at radius 2 is 1.76 bits per heavy atom. The van der Waals surface area contributed by atoms with Gasteiger partial charge in [-0.1, -0.05) is 64.4 Å². The van der Waals surface area contributed by atoms with Crippen LogP contribution >= 0.6 is 0 Å². The van der Waals surface area contributed by atoms with Gasteiger partial charge in [0.15, 0.2) is 17.7 Å². The Balaban J connectivity index is 1.43. The minimum atomic E-state index is -1.60. The van der Waals surface area contributed by atoms with E-state index in [9.17, 15) is 30.0 Å². The maximum atomic E-state index is 12.6. The summed E-state index contributed by atoms with van der Waals surface area (Å²) >= 11 is 0. The minimum Gasteiger partial charge on any atom is -0.394 e. The number of fused-ring (bicyclic) bond motifs is 1. The topological polar surface area (TPSA) is 215 Å². The zero-order chi connectivity index (χ0) is 30.3. The highest BCUT2D eigenvalue weighted by Gasteiger charge is 2.48. The number of aromatic amines is 1. The Morgan fingerprint density at radius 1 is 1.05 bits per heavy atom. The van der Waals surface area contributed by atoms with E-state index in [0.717, 1.165) is 19.3 Å². The van der Waals surface area contributed by atoms with Crippen LogP contribution in [-0.4, -0.2) is 102 Å². The number of hydrogen-bond donors (Lipinski definition) is 8. The molecule has 0 aliphatic carbocycles. The number of nitrogens with zero attached hydrogens (tertiary/aromatic N) is 3. The largest absolute Gasteiger partial charge is 0.394 e. The molecule has 0 bridgehead atoms. The van der Waals surface area contributed by atoms with Crippen molar-refractivity contribution in [3.05, 3.63) is 24.8 Å². The minimum absolute atomic E-state index is 0.224. The van der Waals surface area contributed by atoms with Crippen molar-refractivity contribution in [1.82, 2.24) is 30.6 Å². The number of carbonyl (C=O) groups excluding carboxylic acids is 2. The van der Waals surface area contributed by atoms with Crippen molar-refractivity contribution < 1.29 is 34.8 Å². The molecule has 0 spiro atoms. The second kappa shape index (κ2) is 17.7. The fourth-order valence-corrected chi connectivity index (χ4v) is 4.88. The summed E-state index contributed by atoms with van der Waals surface area (Å²) in [4.78, 5) is 39.7. The number of aliphatic hydroxyl groups excluding tert-OH is 4. The third-order valence-electron chi connectivity index (χ3n) is 7.25. The summed E-state index contributed by atoms with van der Waals surface area (Å²) in [5, 5.41) is 49.3. The van der Waals surface area contributed by atoms with Crippen LogP contribution in [0.3, 0.4) is 0 Å². The predicted octanol–water partition coefficient (Wildman–Crippen LogP) is 0.643. The van der Waals surface area contributed by atoms with Gasteiger partial charge in [-0.2, -0.15) is 0 Å². The lowest BCUT2D eigenvalue weighted by Crippen LogP contribution is -2.68. The van der Waals surface area contributed by atoms with Crippen molar-refractivity contribution >= 4 is 28.8 Å². The van der Waals surface area contributed by atoms with E-state index in [1.807, 2.05) is 0 Å². The number of rotatable bonds is 18. The number of hydrogen-bond acceptors (Lipinski definition) is 11. The first-order valence-corrected chi connectivity index (χ1v) is 14.8. The van der Waals surface area contributed by atoms with Crippen molar-refractivity contribution in [1.29, 1.82) is 0 Å². The van der Waals surface area contributed by atoms with Gasteiger partial charge in [0.25, 0.3) is 0 Å². The van der Waals surface area contributed by atoms with Crippen LogP contribution in [0.15, 0.2) is 24.8 Å². The highest BCUT2D eigenvalue weighted by atomic mass is 16.5. The molecule has 234 valence electrons. The first-order chi connectivity index (χ1) is 20.3. The number of allylic oxidation sites excluding steroid dienone is 1. The number of aliphatic hydroxyl groups is 4. The highest BCUT2D eigenvalue weighted by Crippen LogP contribution is 2.26. The summed E-state index contributed by atoms with van der Waals surface area (Å²) in [6, 6.07) is -1.29. The van der Waals surface area contributed by atoms with Gasteiger partial charge in [-0.3, -0.25) is 9.59 Å². The van der Waals surface area contributed by atoms with Crippen LogP contribution in [0.1, 0.15) is 71.1 Å². The number of amides is 2. The first kappa shape index (κ1) is 33.3. The van der Waals surface area contributed by atoms with Gasteiger partial charge < -0.3 is 46.1 Å². The van der Waals surface area contributed by atoms with Crippen LogP contribution in [0.4, 0.5) is 5.82 Å². The summed E-state index contributed by atoms with van der Waals surface area (Å²) in [6.45, 7) is 1.08. The molecule has 1 aliphatic heterocycles. The van der Waals surface area contributed by atoms with Crippen LogP contribution in [0, 0.1) is 0 Å². The summed E-state index contributed by atoms with van der Waals surface area (Å²) in [5.74, 6) is -0.887. The van der Waals surface area contributed by atoms with E-state index in [4.69, 9.17) is 4.74 Å². The van der Waals surface area contributed by atoms with E-state index in [1.54, 1.807) is 6.08 Å². The normalized spacial score (nSPS) is 23.2. The predicted molar refractivity (Wildman–Crippen MR) is 155 cm³/mol. The molecule has 2 aromatic rings. The number of H-pyrrole nitrogens is 1. The van der Waals surface area contributed by atoms with Gasteiger partial charge in [-0.15, -0.1) is 0 Å². The number of anilines is 1. The summed E-state index contributed by atoms with van der Waals surface area (Å²) in [7, 11) is 0. The second-order valence-corrected chi connectivity index (χ2v) is 10.6. The zero-order valence-electron chi connectivity index (χ0n) is 24.1. The molecule has 14 nitrogen and oxygen atoms in total. The summed E-state index contributed by atoms with van der Waals surface area (Å²) < 4.78 is 5.77. The SMILES string of the molecule is CCCCCCCCCCC/C=C/C(=O)NCC(=O)N[C@@H]1[C@@H](O)[C@@H](O)[C@@H](Nc2ncnc3nc[nH]c23)O[C@H]1[C@@H](O)CO. The fraction of sp³-hybridized carbons (Fsp3) is 0.679. The maximum absolute atomic E-state index is 12.6. The molecule has 2 amide bonds. The Kier molecular flexibility index (Phi) is 14.1. The number of nitrogens with one attached hydrogen (secondary N) is 4. The van der Waals surface area contributed by atoms with Crippen molar-refractivity contribution in [3.63, 3.8) is 0 Å². The molecule has 8 N–H and O–H groups in total. The lowest BCUT2D eigenvalue weighted by atomic mass is 9.92. The average molecular weight is 592 g/mol. The standard InChI is InChI=1S/C28H45N7O7/c1-2-3-4-5-6-7-8-9-10-11-12-13-19(38)29-14-20(39)34-21-23(40)24(41)28(42-25(21)18(37)15-36)35-27-22-26(31-16-30-22)32-17-33-27/h12-13,16-18,21,23-25,28,36-37,40-41H,2-11,14-15H2,1H3,(H,29,38)(H,34,39)(H2,30,31,32,33,35)/b13-12+/t18-,21+,23+,24+,25-,28-/m0/s1. The monoisotopic (exact) mass is 591 g/mol. The molecule has 2 aromatic heterocycles. The number of imidazole rings is 1. The van der Waals surface area contributed by atoms with Crippen LogP contribution in [-0.2, 0) is 14.3 Å². The Labute approximate surface area is 245 Å². The number of unbranched alkanes of at least 4 members (excludes halogenated alkanes) is 9. The summed E-state index contributed by atoms with van der Waals surface area (Å²) in [5.41, 5.74) is 0.784. The van der Waals surface area contributed by atoms with E-state index in [2.05, 4.69) is 42.8 Å². The third kappa shape index (κ3) is 9.98. The fourth-order valence-electron chi connectivity index (χ4n) is 4.88. The van der Waals surface area contributed by atoms with Crippen molar-refractivity contribution in [2.75, 3.05) is 18.5 Å². The van der Waals surface area contributed by atoms with E-state index in [0.29, 0.717) is 11.2 Å². The van der Waals surface area contributed by atoms with Gasteiger partial charge in [0.05, 0.1) is 25.5 Å². The molecule has 0 aromatic carbocycles. The van der Waals surface area contributed by atoms with Gasteiger partial charge in [-0.25, -0.2) is 15.0 Å². The first-order valence-electron chi connectivity index (χ1n) is 14.8. The lowest BCUT2D eigenvalue weighted by molar-refractivity contribution is -0.204. The molecule has 0 saturated carbocycles.